The second-order valence-corrected chi connectivity index (χ2v) is 7.88. The molecule has 2 aromatic rings. The molecule has 0 saturated carbocycles. The Balaban J connectivity index is 2.06. The van der Waals surface area contributed by atoms with Gasteiger partial charge in [0, 0.05) is 24.6 Å². The van der Waals surface area contributed by atoms with Gasteiger partial charge in [-0.15, -0.1) is 0 Å². The normalized spacial score (nSPS) is 17.4. The first-order chi connectivity index (χ1) is 15.7. The monoisotopic (exact) mass is 452 g/mol. The number of ketones is 1. The molecular formula is C24H24N2O7. The average molecular weight is 452 g/mol. The molecule has 1 atom stereocenters. The number of aliphatic hydroxyl groups is 1. The first kappa shape index (κ1) is 23.6. The smallest absolute Gasteiger partial charge is 0.303 e. The van der Waals surface area contributed by atoms with Crippen molar-refractivity contribution in [1.82, 2.24) is 4.90 Å². The number of benzene rings is 2. The lowest BCUT2D eigenvalue weighted by Crippen LogP contribution is -2.31. The number of likely N-dealkylation sites (tertiary alicyclic amines) is 1. The topological polar surface area (TPSA) is 138 Å². The molecule has 0 aliphatic carbocycles. The van der Waals surface area contributed by atoms with Crippen LogP contribution in [0.2, 0.25) is 0 Å². The van der Waals surface area contributed by atoms with E-state index in [-0.39, 0.29) is 29.8 Å². The highest BCUT2D eigenvalue weighted by molar-refractivity contribution is 6.46. The zero-order valence-corrected chi connectivity index (χ0v) is 18.1. The Bertz CT molecular complexity index is 1120. The number of nitro groups is 1. The first-order valence-electron chi connectivity index (χ1n) is 10.5. The third-order valence-corrected chi connectivity index (χ3v) is 5.58. The Morgan fingerprint density at radius 1 is 1.03 bits per heavy atom. The van der Waals surface area contributed by atoms with E-state index in [1.54, 1.807) is 30.3 Å². The molecule has 0 bridgehead atoms. The number of nitro benzene ring substituents is 1. The van der Waals surface area contributed by atoms with E-state index in [9.17, 15) is 29.6 Å². The van der Waals surface area contributed by atoms with Crippen LogP contribution in [-0.2, 0) is 14.4 Å². The Morgan fingerprint density at radius 3 is 2.33 bits per heavy atom. The molecule has 9 nitrogen and oxygen atoms in total. The van der Waals surface area contributed by atoms with E-state index in [1.807, 2.05) is 6.92 Å². The van der Waals surface area contributed by atoms with Crippen molar-refractivity contribution in [2.45, 2.75) is 38.6 Å². The van der Waals surface area contributed by atoms with Gasteiger partial charge in [0.25, 0.3) is 17.4 Å². The molecule has 2 aromatic carbocycles. The van der Waals surface area contributed by atoms with E-state index in [1.165, 1.54) is 23.1 Å². The molecule has 1 saturated heterocycles. The lowest BCUT2D eigenvalue weighted by molar-refractivity contribution is -0.385. The maximum atomic E-state index is 13.0. The summed E-state index contributed by atoms with van der Waals surface area (Å²) < 4.78 is 0. The fraction of sp³-hybridized carbons (Fsp3) is 0.292. The minimum atomic E-state index is -1.13. The van der Waals surface area contributed by atoms with Gasteiger partial charge in [0.2, 0.25) is 0 Å². The average Bonchev–Trinajstić information content (AvgIpc) is 3.03. The number of hydrogen-bond donors (Lipinski definition) is 2. The van der Waals surface area contributed by atoms with E-state index in [4.69, 9.17) is 5.11 Å². The van der Waals surface area contributed by atoms with E-state index in [0.29, 0.717) is 24.8 Å². The number of nitrogens with zero attached hydrogens (tertiary/aromatic N) is 2. The number of carboxylic acids is 1. The molecule has 3 rings (SSSR count). The quantitative estimate of drug-likeness (QED) is 0.147. The molecular weight excluding hydrogens is 428 g/mol. The van der Waals surface area contributed by atoms with Crippen LogP contribution >= 0.6 is 0 Å². The predicted octanol–water partition coefficient (Wildman–Crippen LogP) is 3.97. The fourth-order valence-corrected chi connectivity index (χ4v) is 3.92. The Morgan fingerprint density at radius 2 is 1.70 bits per heavy atom. The van der Waals surface area contributed by atoms with Gasteiger partial charge in [0.15, 0.2) is 0 Å². The minimum absolute atomic E-state index is 0.0141. The largest absolute Gasteiger partial charge is 0.507 e. The third kappa shape index (κ3) is 5.08. The van der Waals surface area contributed by atoms with Crippen LogP contribution in [0.1, 0.15) is 48.4 Å². The van der Waals surface area contributed by atoms with Gasteiger partial charge >= 0.3 is 5.97 Å². The van der Waals surface area contributed by atoms with E-state index in [0.717, 1.165) is 5.56 Å². The maximum Gasteiger partial charge on any atom is 0.303 e. The Hall–Kier alpha value is -4.01. The van der Waals surface area contributed by atoms with E-state index < -0.39 is 34.4 Å². The number of rotatable bonds is 9. The molecule has 1 heterocycles. The molecule has 1 aliphatic rings. The van der Waals surface area contributed by atoms with Gasteiger partial charge in [-0.2, -0.15) is 0 Å². The molecule has 0 radical (unpaired) electrons. The van der Waals surface area contributed by atoms with Crippen LogP contribution in [0.25, 0.3) is 5.76 Å². The van der Waals surface area contributed by atoms with Gasteiger partial charge in [-0.3, -0.25) is 24.5 Å². The summed E-state index contributed by atoms with van der Waals surface area (Å²) in [4.78, 5) is 48.9. The van der Waals surface area contributed by atoms with E-state index in [2.05, 4.69) is 0 Å². The number of para-hydroxylation sites is 1. The highest BCUT2D eigenvalue weighted by atomic mass is 16.6. The second kappa shape index (κ2) is 10.1. The number of hydrogen-bond acceptors (Lipinski definition) is 6. The van der Waals surface area contributed by atoms with Crippen molar-refractivity contribution in [1.29, 1.82) is 0 Å². The second-order valence-electron chi connectivity index (χ2n) is 7.88. The van der Waals surface area contributed by atoms with Gasteiger partial charge in [-0.1, -0.05) is 48.4 Å². The summed E-state index contributed by atoms with van der Waals surface area (Å²) in [6.07, 6.45) is 1.29. The number of unbranched alkanes of at least 4 members (excludes halogenated alkanes) is 2. The standard InChI is InChI=1S/C24H24N2O7/c1-15-10-12-16(13-11-15)22(29)20-21(17-7-4-5-8-18(17)26(32)33)25(24(31)23(20)30)14-6-2-3-9-19(27)28/h4-5,7-8,10-13,21,29H,2-3,6,9,14H2,1H3,(H,27,28)/t21-/m1/s1. The summed E-state index contributed by atoms with van der Waals surface area (Å²) in [7, 11) is 0. The van der Waals surface area contributed by atoms with Crippen LogP contribution in [-0.4, -0.2) is 44.2 Å². The predicted molar refractivity (Wildman–Crippen MR) is 119 cm³/mol. The summed E-state index contributed by atoms with van der Waals surface area (Å²) in [5.74, 6) is -3.09. The van der Waals surface area contributed by atoms with Gasteiger partial charge < -0.3 is 15.1 Å². The molecule has 1 aliphatic heterocycles. The van der Waals surface area contributed by atoms with Gasteiger partial charge in [0.05, 0.1) is 22.1 Å². The number of aryl methyl sites for hydroxylation is 1. The maximum absolute atomic E-state index is 13.0. The summed E-state index contributed by atoms with van der Waals surface area (Å²) in [6, 6.07) is 11.4. The van der Waals surface area contributed by atoms with Crippen LogP contribution < -0.4 is 0 Å². The van der Waals surface area contributed by atoms with Gasteiger partial charge in [0.1, 0.15) is 5.76 Å². The SMILES string of the molecule is Cc1ccc(C(O)=C2C(=O)C(=O)N(CCCCCC(=O)O)[C@@H]2c2ccccc2[N+](=O)[O-])cc1. The molecule has 1 fully saturated rings. The van der Waals surface area contributed by atoms with Crippen molar-refractivity contribution in [3.63, 3.8) is 0 Å². The molecule has 2 N–H and O–H groups in total. The van der Waals surface area contributed by atoms with Crippen molar-refractivity contribution in [2.24, 2.45) is 0 Å². The van der Waals surface area contributed by atoms with Crippen LogP contribution in [0.4, 0.5) is 5.69 Å². The Kier molecular flexibility index (Phi) is 7.22. The third-order valence-electron chi connectivity index (χ3n) is 5.58. The van der Waals surface area contributed by atoms with Crippen LogP contribution in [0, 0.1) is 17.0 Å². The lowest BCUT2D eigenvalue weighted by Gasteiger charge is -2.25. The number of aliphatic carboxylic acids is 1. The molecule has 0 unspecified atom stereocenters. The van der Waals surface area contributed by atoms with Crippen LogP contribution in [0.5, 0.6) is 0 Å². The number of Topliss-reactive ketones (excluding diaryl/α,β-unsaturated/α-hetero) is 1. The minimum Gasteiger partial charge on any atom is -0.507 e. The number of carboxylic acid groups (broad SMARTS) is 1. The lowest BCUT2D eigenvalue weighted by atomic mass is 9.94. The van der Waals surface area contributed by atoms with Crippen molar-refractivity contribution in [2.75, 3.05) is 6.54 Å². The molecule has 9 heteroatoms. The zero-order chi connectivity index (χ0) is 24.1. The molecule has 0 spiro atoms. The van der Waals surface area contributed by atoms with Crippen LogP contribution in [0.3, 0.4) is 0 Å². The molecule has 1 amide bonds. The van der Waals surface area contributed by atoms with E-state index >= 15 is 0 Å². The number of amides is 1. The first-order valence-corrected chi connectivity index (χ1v) is 10.5. The van der Waals surface area contributed by atoms with Crippen molar-refractivity contribution in [3.8, 4) is 0 Å². The number of carbonyl (C=O) groups is 3. The zero-order valence-electron chi connectivity index (χ0n) is 18.1. The summed E-state index contributed by atoms with van der Waals surface area (Å²) in [5.41, 5.74) is 0.909. The summed E-state index contributed by atoms with van der Waals surface area (Å²) >= 11 is 0. The van der Waals surface area contributed by atoms with Crippen molar-refractivity contribution < 1.29 is 29.5 Å². The highest BCUT2D eigenvalue weighted by Gasteiger charge is 2.47. The molecule has 172 valence electrons. The van der Waals surface area contributed by atoms with Gasteiger partial charge in [-0.25, -0.2) is 0 Å². The van der Waals surface area contributed by atoms with Crippen LogP contribution in [0.15, 0.2) is 54.1 Å². The number of carbonyl (C=O) groups excluding carboxylic acids is 2. The van der Waals surface area contributed by atoms with Gasteiger partial charge in [-0.05, 0) is 25.8 Å². The van der Waals surface area contributed by atoms with Crippen molar-refractivity contribution >= 4 is 29.1 Å². The summed E-state index contributed by atoms with van der Waals surface area (Å²) in [6.45, 7) is 1.95. The molecule has 33 heavy (non-hydrogen) atoms. The Labute approximate surface area is 190 Å². The molecule has 0 aromatic heterocycles. The summed E-state index contributed by atoms with van der Waals surface area (Å²) in [5, 5.41) is 31.5. The number of aliphatic hydroxyl groups excluding tert-OH is 1. The highest BCUT2D eigenvalue weighted by Crippen LogP contribution is 2.42. The van der Waals surface area contributed by atoms with Crippen molar-refractivity contribution in [3.05, 3.63) is 80.9 Å². The fourth-order valence-electron chi connectivity index (χ4n) is 3.92.